The molecule has 158 valence electrons. The van der Waals surface area contributed by atoms with Crippen molar-refractivity contribution in [2.75, 3.05) is 18.0 Å². The lowest BCUT2D eigenvalue weighted by Gasteiger charge is -2.23. The maximum absolute atomic E-state index is 12.9. The summed E-state index contributed by atoms with van der Waals surface area (Å²) in [4.78, 5) is 31.1. The number of nitrogens with zero attached hydrogens (tertiary/aromatic N) is 4. The molecule has 0 aliphatic carbocycles. The molecule has 1 saturated heterocycles. The van der Waals surface area contributed by atoms with Gasteiger partial charge in [-0.15, -0.1) is 0 Å². The average molecular weight is 429 g/mol. The van der Waals surface area contributed by atoms with Crippen molar-refractivity contribution >= 4 is 29.2 Å². The van der Waals surface area contributed by atoms with Crippen LogP contribution in [0.2, 0.25) is 5.02 Å². The summed E-state index contributed by atoms with van der Waals surface area (Å²) in [6.07, 6.45) is 5.45. The lowest BCUT2D eigenvalue weighted by Crippen LogP contribution is -2.29. The molecule has 2 aromatic heterocycles. The molecule has 1 N–H and O–H groups in total. The fraction of sp³-hybridized carbons (Fsp3) is 0.409. The molecule has 1 aliphatic heterocycles. The molecule has 4 rings (SSSR count). The minimum atomic E-state index is -0.788. The van der Waals surface area contributed by atoms with Gasteiger partial charge in [0.25, 0.3) is 5.56 Å². The fourth-order valence-electron chi connectivity index (χ4n) is 4.01. The van der Waals surface area contributed by atoms with Gasteiger partial charge in [0.1, 0.15) is 5.82 Å². The Morgan fingerprint density at radius 1 is 1.27 bits per heavy atom. The molecule has 0 bridgehead atoms. The molecule has 1 aromatic carbocycles. The number of fused-ring (bicyclic) bond motifs is 1. The first-order valence-electron chi connectivity index (χ1n) is 10.3. The van der Waals surface area contributed by atoms with E-state index in [1.165, 1.54) is 0 Å². The van der Waals surface area contributed by atoms with Crippen LogP contribution in [0, 0.1) is 5.92 Å². The molecule has 1 fully saturated rings. The van der Waals surface area contributed by atoms with E-state index in [1.807, 2.05) is 17.0 Å². The van der Waals surface area contributed by atoms with E-state index in [2.05, 4.69) is 11.5 Å². The van der Waals surface area contributed by atoms with Gasteiger partial charge in [-0.3, -0.25) is 18.6 Å². The van der Waals surface area contributed by atoms with Crippen LogP contribution in [0.25, 0.3) is 17.0 Å². The maximum atomic E-state index is 12.9. The highest BCUT2D eigenvalue weighted by Gasteiger charge is 2.30. The molecule has 3 aromatic rings. The first-order valence-corrected chi connectivity index (χ1v) is 10.7. The second-order valence-electron chi connectivity index (χ2n) is 7.77. The third-order valence-corrected chi connectivity index (χ3v) is 5.93. The summed E-state index contributed by atoms with van der Waals surface area (Å²) in [5.74, 6) is 0.132. The predicted molar refractivity (Wildman–Crippen MR) is 117 cm³/mol. The minimum Gasteiger partial charge on any atom is -0.481 e. The Morgan fingerprint density at radius 3 is 2.70 bits per heavy atom. The number of carboxylic acids is 1. The van der Waals surface area contributed by atoms with Crippen LogP contribution in [0.15, 0.2) is 41.3 Å². The van der Waals surface area contributed by atoms with Crippen LogP contribution in [0.4, 0.5) is 5.82 Å². The standard InChI is InChI=1S/C22H25ClN4O3/c1-2-3-4-10-26-19(25-11-9-16(13-25)21(29)30)12-20(28)27-14-18(24-22(26)27)15-5-7-17(23)8-6-15/h5-8,12,14,16H,2-4,9-11,13H2,1H3,(H,29,30)/t16-/m1/s1. The van der Waals surface area contributed by atoms with E-state index in [9.17, 15) is 14.7 Å². The first kappa shape index (κ1) is 20.5. The highest BCUT2D eigenvalue weighted by atomic mass is 35.5. The summed E-state index contributed by atoms with van der Waals surface area (Å²) >= 11 is 6.00. The van der Waals surface area contributed by atoms with Crippen molar-refractivity contribution in [1.29, 1.82) is 0 Å². The second-order valence-corrected chi connectivity index (χ2v) is 8.21. The highest BCUT2D eigenvalue weighted by molar-refractivity contribution is 6.30. The topological polar surface area (TPSA) is 79.8 Å². The van der Waals surface area contributed by atoms with Crippen molar-refractivity contribution in [2.45, 2.75) is 39.2 Å². The quantitative estimate of drug-likeness (QED) is 0.577. The monoisotopic (exact) mass is 428 g/mol. The van der Waals surface area contributed by atoms with Gasteiger partial charge in [-0.05, 0) is 25.0 Å². The number of aromatic nitrogens is 3. The van der Waals surface area contributed by atoms with E-state index in [0.717, 1.165) is 37.2 Å². The number of carbonyl (C=O) groups is 1. The molecule has 0 unspecified atom stereocenters. The third kappa shape index (κ3) is 3.94. The smallest absolute Gasteiger partial charge is 0.308 e. The van der Waals surface area contributed by atoms with Crippen LogP contribution in [0.5, 0.6) is 0 Å². The highest BCUT2D eigenvalue weighted by Crippen LogP contribution is 2.27. The van der Waals surface area contributed by atoms with Gasteiger partial charge in [0.05, 0.1) is 11.6 Å². The van der Waals surface area contributed by atoms with Crippen LogP contribution in [0.1, 0.15) is 32.6 Å². The summed E-state index contributed by atoms with van der Waals surface area (Å²) < 4.78 is 3.63. The predicted octanol–water partition coefficient (Wildman–Crippen LogP) is 3.92. The molecule has 8 heteroatoms. The number of anilines is 1. The average Bonchev–Trinajstić information content (AvgIpc) is 3.38. The van der Waals surface area contributed by atoms with Gasteiger partial charge < -0.3 is 10.0 Å². The molecule has 0 saturated carbocycles. The number of aryl methyl sites for hydroxylation is 1. The molecule has 1 aliphatic rings. The van der Waals surface area contributed by atoms with Crippen LogP contribution in [-0.2, 0) is 11.3 Å². The van der Waals surface area contributed by atoms with E-state index in [0.29, 0.717) is 36.0 Å². The Hall–Kier alpha value is -2.80. The number of hydrogen-bond donors (Lipinski definition) is 1. The van der Waals surface area contributed by atoms with Gasteiger partial charge in [-0.2, -0.15) is 0 Å². The van der Waals surface area contributed by atoms with Crippen molar-refractivity contribution in [3.05, 3.63) is 51.9 Å². The third-order valence-electron chi connectivity index (χ3n) is 5.68. The normalized spacial score (nSPS) is 16.5. The summed E-state index contributed by atoms with van der Waals surface area (Å²) in [6, 6.07) is 8.98. The molecule has 30 heavy (non-hydrogen) atoms. The lowest BCUT2D eigenvalue weighted by atomic mass is 10.1. The summed E-state index contributed by atoms with van der Waals surface area (Å²) in [5, 5.41) is 10.0. The van der Waals surface area contributed by atoms with Crippen LogP contribution in [0.3, 0.4) is 0 Å². The number of rotatable bonds is 7. The Morgan fingerprint density at radius 2 is 2.03 bits per heavy atom. The number of benzene rings is 1. The molecule has 0 amide bonds. The zero-order valence-corrected chi connectivity index (χ0v) is 17.7. The Balaban J connectivity index is 1.80. The molecule has 0 spiro atoms. The Bertz CT molecular complexity index is 1120. The van der Waals surface area contributed by atoms with E-state index in [1.54, 1.807) is 28.8 Å². The van der Waals surface area contributed by atoms with Crippen LogP contribution < -0.4 is 10.5 Å². The first-order chi connectivity index (χ1) is 14.5. The number of hydrogen-bond acceptors (Lipinski definition) is 4. The van der Waals surface area contributed by atoms with Crippen molar-refractivity contribution in [1.82, 2.24) is 14.0 Å². The number of halogens is 1. The largest absolute Gasteiger partial charge is 0.481 e. The Kier molecular flexibility index (Phi) is 5.81. The number of aliphatic carboxylic acids is 1. The van der Waals surface area contributed by atoms with E-state index >= 15 is 0 Å². The fourth-order valence-corrected chi connectivity index (χ4v) is 4.14. The van der Waals surface area contributed by atoms with E-state index in [-0.39, 0.29) is 5.56 Å². The van der Waals surface area contributed by atoms with E-state index in [4.69, 9.17) is 16.6 Å². The van der Waals surface area contributed by atoms with Crippen molar-refractivity contribution in [2.24, 2.45) is 5.92 Å². The molecule has 1 atom stereocenters. The van der Waals surface area contributed by atoms with Gasteiger partial charge in [0.15, 0.2) is 0 Å². The molecular formula is C22H25ClN4O3. The summed E-state index contributed by atoms with van der Waals surface area (Å²) in [7, 11) is 0. The van der Waals surface area contributed by atoms with Crippen molar-refractivity contribution < 1.29 is 9.90 Å². The number of imidazole rings is 1. The molecule has 3 heterocycles. The van der Waals surface area contributed by atoms with Gasteiger partial charge in [0.2, 0.25) is 5.78 Å². The van der Waals surface area contributed by atoms with Gasteiger partial charge >= 0.3 is 5.97 Å². The Labute approximate surface area is 179 Å². The van der Waals surface area contributed by atoms with Crippen molar-refractivity contribution in [3.8, 4) is 11.3 Å². The van der Waals surface area contributed by atoms with Gasteiger partial charge in [-0.1, -0.05) is 43.5 Å². The zero-order chi connectivity index (χ0) is 21.3. The zero-order valence-electron chi connectivity index (χ0n) is 16.9. The lowest BCUT2D eigenvalue weighted by molar-refractivity contribution is -0.140. The van der Waals surface area contributed by atoms with Crippen LogP contribution >= 0.6 is 11.6 Å². The molecule has 0 radical (unpaired) electrons. The van der Waals surface area contributed by atoms with Crippen molar-refractivity contribution in [3.63, 3.8) is 0 Å². The number of unbranched alkanes of at least 4 members (excludes halogenated alkanes) is 2. The van der Waals surface area contributed by atoms with E-state index < -0.39 is 11.9 Å². The van der Waals surface area contributed by atoms with Gasteiger partial charge in [0, 0.05) is 42.5 Å². The molecular weight excluding hydrogens is 404 g/mol. The summed E-state index contributed by atoms with van der Waals surface area (Å²) in [5.41, 5.74) is 1.42. The maximum Gasteiger partial charge on any atom is 0.308 e. The minimum absolute atomic E-state index is 0.168. The summed E-state index contributed by atoms with van der Waals surface area (Å²) in [6.45, 7) is 3.89. The molecule has 7 nitrogen and oxygen atoms in total. The SMILES string of the molecule is CCCCCn1c(N2CC[C@@H](C(=O)O)C2)cc(=O)n2cc(-c3ccc(Cl)cc3)nc12. The van der Waals surface area contributed by atoms with Crippen LogP contribution in [-0.4, -0.2) is 38.1 Å². The number of carboxylic acid groups (broad SMARTS) is 1. The van der Waals surface area contributed by atoms with Gasteiger partial charge in [-0.25, -0.2) is 4.98 Å². The second kappa shape index (κ2) is 8.52.